The van der Waals surface area contributed by atoms with Crippen LogP contribution in [0.1, 0.15) is 34.6 Å². The van der Waals surface area contributed by atoms with Crippen molar-refractivity contribution in [3.8, 4) is 0 Å². The molecule has 7 heteroatoms. The lowest BCUT2D eigenvalue weighted by Crippen LogP contribution is -2.47. The summed E-state index contributed by atoms with van der Waals surface area (Å²) >= 11 is 0. The third-order valence-electron chi connectivity index (χ3n) is 4.27. The number of allylic oxidation sites excluding steroid dienone is 1. The number of ketones is 2. The Kier molecular flexibility index (Phi) is 6.05. The van der Waals surface area contributed by atoms with Crippen molar-refractivity contribution in [3.05, 3.63) is 11.6 Å². The van der Waals surface area contributed by atoms with Crippen LogP contribution in [0.4, 0.5) is 0 Å². The Bertz CT molecular complexity index is 586. The highest BCUT2D eigenvalue weighted by Gasteiger charge is 2.62. The van der Waals surface area contributed by atoms with Gasteiger partial charge in [0.25, 0.3) is 0 Å². The Labute approximate surface area is 141 Å². The molecule has 1 aliphatic rings. The largest absolute Gasteiger partial charge is 0.466 e. The van der Waals surface area contributed by atoms with Gasteiger partial charge in [-0.15, -0.1) is 0 Å². The molecule has 0 amide bonds. The molecule has 0 aliphatic heterocycles. The average Bonchev–Trinajstić information content (AvgIpc) is 2.68. The van der Waals surface area contributed by atoms with E-state index in [1.165, 1.54) is 26.8 Å². The predicted molar refractivity (Wildman–Crippen MR) is 83.8 cm³/mol. The van der Waals surface area contributed by atoms with E-state index in [1.54, 1.807) is 13.8 Å². The zero-order valence-electron chi connectivity index (χ0n) is 14.8. The fourth-order valence-electron chi connectivity index (χ4n) is 3.07. The highest BCUT2D eigenvalue weighted by molar-refractivity contribution is 6.06. The number of Topliss-reactive ketones (excluding diaryl/α,β-unsaturated/α-hetero) is 2. The van der Waals surface area contributed by atoms with Gasteiger partial charge >= 0.3 is 11.9 Å². The molecule has 0 aromatic rings. The van der Waals surface area contributed by atoms with E-state index in [1.807, 2.05) is 0 Å². The van der Waals surface area contributed by atoms with Crippen molar-refractivity contribution >= 4 is 23.5 Å². The number of ether oxygens (including phenoxy) is 2. The van der Waals surface area contributed by atoms with Crippen LogP contribution < -0.4 is 0 Å². The van der Waals surface area contributed by atoms with Crippen LogP contribution in [0.25, 0.3) is 0 Å². The predicted octanol–water partition coefficient (Wildman–Crippen LogP) is 0.829. The molecule has 1 aliphatic carbocycles. The molecule has 1 fully saturated rings. The first-order chi connectivity index (χ1) is 11.0. The molecule has 1 saturated carbocycles. The molecule has 4 atom stereocenters. The summed E-state index contributed by atoms with van der Waals surface area (Å²) in [5, 5.41) is 10.8. The topological polar surface area (TPSA) is 107 Å². The molecule has 0 bridgehead atoms. The third-order valence-corrected chi connectivity index (χ3v) is 4.27. The summed E-state index contributed by atoms with van der Waals surface area (Å²) in [5.41, 5.74) is -1.95. The number of aliphatic hydroxyl groups is 1. The molecule has 1 rings (SSSR count). The monoisotopic (exact) mass is 340 g/mol. The quantitative estimate of drug-likeness (QED) is 0.583. The fraction of sp³-hybridized carbons (Fsp3) is 0.647. The molecular formula is C17H24O7. The number of hydrogen-bond acceptors (Lipinski definition) is 7. The van der Waals surface area contributed by atoms with Crippen molar-refractivity contribution in [3.63, 3.8) is 0 Å². The summed E-state index contributed by atoms with van der Waals surface area (Å²) in [6.07, 6.45) is -0.154. The second kappa shape index (κ2) is 7.25. The Hall–Kier alpha value is -2.02. The van der Waals surface area contributed by atoms with E-state index in [0.29, 0.717) is 0 Å². The first-order valence-corrected chi connectivity index (χ1v) is 7.72. The van der Waals surface area contributed by atoms with E-state index in [0.717, 1.165) is 7.11 Å². The fourth-order valence-corrected chi connectivity index (χ4v) is 3.07. The maximum absolute atomic E-state index is 12.8. The van der Waals surface area contributed by atoms with Crippen LogP contribution in [0.5, 0.6) is 0 Å². The molecule has 0 spiro atoms. The number of carbonyl (C=O) groups excluding carboxylic acids is 4. The standard InChI is InChI=1S/C17H24O7/c1-7-10(16(21)23-6)11-12(9(4)18)17(5,22)14(13(11)19)24-15(20)8(2)3/h7-8,11-12,14,22H,1-6H3/b10-7+/t11-,12+,14+,17-/m1/s1. The Morgan fingerprint density at radius 2 is 1.83 bits per heavy atom. The van der Waals surface area contributed by atoms with Gasteiger partial charge in [0.2, 0.25) is 0 Å². The molecule has 0 heterocycles. The van der Waals surface area contributed by atoms with Gasteiger partial charge in [-0.05, 0) is 20.8 Å². The minimum Gasteiger partial charge on any atom is -0.466 e. The van der Waals surface area contributed by atoms with Crippen LogP contribution in [0.15, 0.2) is 11.6 Å². The maximum Gasteiger partial charge on any atom is 0.334 e. The summed E-state index contributed by atoms with van der Waals surface area (Å²) in [7, 11) is 1.16. The van der Waals surface area contributed by atoms with Crippen molar-refractivity contribution in [2.45, 2.75) is 46.3 Å². The van der Waals surface area contributed by atoms with E-state index in [4.69, 9.17) is 4.74 Å². The number of methoxy groups -OCH3 is 1. The first-order valence-electron chi connectivity index (χ1n) is 7.72. The number of rotatable bonds is 5. The molecule has 0 aromatic carbocycles. The normalized spacial score (nSPS) is 30.4. The summed E-state index contributed by atoms with van der Waals surface area (Å²) in [4.78, 5) is 48.7. The SMILES string of the molecule is C/C=C(/C(=O)OC)[C@H]1C(=O)[C@H](OC(=O)C(C)C)[C@](C)(O)[C@H]1C(C)=O. The van der Waals surface area contributed by atoms with E-state index >= 15 is 0 Å². The van der Waals surface area contributed by atoms with Gasteiger partial charge in [-0.2, -0.15) is 0 Å². The van der Waals surface area contributed by atoms with E-state index in [9.17, 15) is 24.3 Å². The number of hydrogen-bond donors (Lipinski definition) is 1. The highest BCUT2D eigenvalue weighted by Crippen LogP contribution is 2.44. The van der Waals surface area contributed by atoms with E-state index < -0.39 is 53.0 Å². The third kappa shape index (κ3) is 3.40. The molecule has 0 aromatic heterocycles. The summed E-state index contributed by atoms with van der Waals surface area (Å²) < 4.78 is 9.80. The van der Waals surface area contributed by atoms with Gasteiger partial charge < -0.3 is 14.6 Å². The lowest BCUT2D eigenvalue weighted by atomic mass is 9.80. The van der Waals surface area contributed by atoms with Crippen molar-refractivity contribution in [2.24, 2.45) is 17.8 Å². The van der Waals surface area contributed by atoms with E-state index in [-0.39, 0.29) is 5.57 Å². The van der Waals surface area contributed by atoms with Crippen molar-refractivity contribution in [1.29, 1.82) is 0 Å². The van der Waals surface area contributed by atoms with Crippen LogP contribution in [-0.4, -0.2) is 47.4 Å². The van der Waals surface area contributed by atoms with E-state index in [2.05, 4.69) is 4.74 Å². The molecule has 1 N–H and O–H groups in total. The van der Waals surface area contributed by atoms with Gasteiger partial charge in [-0.25, -0.2) is 4.79 Å². The average molecular weight is 340 g/mol. The minimum atomic E-state index is -1.92. The molecule has 134 valence electrons. The molecule has 0 unspecified atom stereocenters. The second-order valence-corrected chi connectivity index (χ2v) is 6.40. The molecule has 0 radical (unpaired) electrons. The molecule has 24 heavy (non-hydrogen) atoms. The minimum absolute atomic E-state index is 0.0360. The Morgan fingerprint density at radius 3 is 2.21 bits per heavy atom. The van der Waals surface area contributed by atoms with Crippen LogP contribution in [0.2, 0.25) is 0 Å². The van der Waals surface area contributed by atoms with Crippen molar-refractivity contribution < 1.29 is 33.8 Å². The zero-order valence-corrected chi connectivity index (χ0v) is 14.8. The first kappa shape index (κ1) is 20.0. The lowest BCUT2D eigenvalue weighted by Gasteiger charge is -2.29. The molecule has 0 saturated heterocycles. The van der Waals surface area contributed by atoms with Gasteiger partial charge in [0.05, 0.1) is 24.9 Å². The van der Waals surface area contributed by atoms with Crippen LogP contribution in [-0.2, 0) is 28.7 Å². The van der Waals surface area contributed by atoms with Crippen LogP contribution in [0.3, 0.4) is 0 Å². The van der Waals surface area contributed by atoms with Gasteiger partial charge in [-0.1, -0.05) is 19.9 Å². The Balaban J connectivity index is 3.39. The lowest BCUT2D eigenvalue weighted by molar-refractivity contribution is -0.171. The van der Waals surface area contributed by atoms with Gasteiger partial charge in [0.1, 0.15) is 11.4 Å². The van der Waals surface area contributed by atoms with Crippen LogP contribution >= 0.6 is 0 Å². The van der Waals surface area contributed by atoms with Gasteiger partial charge in [-0.3, -0.25) is 14.4 Å². The molecular weight excluding hydrogens is 316 g/mol. The summed E-state index contributed by atoms with van der Waals surface area (Å²) in [6.45, 7) is 7.18. The van der Waals surface area contributed by atoms with Crippen molar-refractivity contribution in [2.75, 3.05) is 7.11 Å². The Morgan fingerprint density at radius 1 is 1.29 bits per heavy atom. The smallest absolute Gasteiger partial charge is 0.334 e. The maximum atomic E-state index is 12.8. The molecule has 7 nitrogen and oxygen atoms in total. The number of carbonyl (C=O) groups is 4. The van der Waals surface area contributed by atoms with Gasteiger partial charge in [0, 0.05) is 5.57 Å². The summed E-state index contributed by atoms with van der Waals surface area (Å²) in [6, 6.07) is 0. The zero-order chi connectivity index (χ0) is 18.8. The van der Waals surface area contributed by atoms with Crippen molar-refractivity contribution in [1.82, 2.24) is 0 Å². The summed E-state index contributed by atoms with van der Waals surface area (Å²) in [5.74, 6) is -5.55. The van der Waals surface area contributed by atoms with Crippen LogP contribution in [0, 0.1) is 17.8 Å². The van der Waals surface area contributed by atoms with Gasteiger partial charge in [0.15, 0.2) is 11.9 Å². The number of esters is 2. The second-order valence-electron chi connectivity index (χ2n) is 6.40. The highest BCUT2D eigenvalue weighted by atomic mass is 16.6.